The number of benzene rings is 1. The molecule has 0 spiro atoms. The van der Waals surface area contributed by atoms with Gasteiger partial charge in [-0.25, -0.2) is 0 Å². The highest BCUT2D eigenvalue weighted by molar-refractivity contribution is 6.99. The second kappa shape index (κ2) is 7.57. The summed E-state index contributed by atoms with van der Waals surface area (Å²) in [4.78, 5) is 14.2. The van der Waals surface area contributed by atoms with Gasteiger partial charge < -0.3 is 10.2 Å². The summed E-state index contributed by atoms with van der Waals surface area (Å²) in [5.41, 5.74) is 0.843. The van der Waals surface area contributed by atoms with Crippen LogP contribution < -0.4 is 10.2 Å². The van der Waals surface area contributed by atoms with Gasteiger partial charge in [0.25, 0.3) is 0 Å². The quantitative estimate of drug-likeness (QED) is 0.863. The molecule has 1 amide bonds. The van der Waals surface area contributed by atoms with Crippen LogP contribution in [0.15, 0.2) is 36.5 Å². The highest BCUT2D eigenvalue weighted by atomic mass is 35.5. The summed E-state index contributed by atoms with van der Waals surface area (Å²) in [6, 6.07) is 7.65. The first-order valence-corrected chi connectivity index (χ1v) is 8.59. The fourth-order valence-electron chi connectivity index (χ4n) is 2.58. The number of carbonyl (C=O) groups is 1. The Hall–Kier alpha value is -1.92. The van der Waals surface area contributed by atoms with Crippen LogP contribution in [0.3, 0.4) is 0 Å². The zero-order chi connectivity index (χ0) is 16.1. The Morgan fingerprint density at radius 2 is 2.13 bits per heavy atom. The van der Waals surface area contributed by atoms with Gasteiger partial charge in [0, 0.05) is 30.2 Å². The van der Waals surface area contributed by atoms with Crippen LogP contribution in [-0.4, -0.2) is 33.8 Å². The van der Waals surface area contributed by atoms with E-state index in [4.69, 9.17) is 11.6 Å². The maximum atomic E-state index is 12.0. The van der Waals surface area contributed by atoms with E-state index in [9.17, 15) is 4.79 Å². The lowest BCUT2D eigenvalue weighted by molar-refractivity contribution is -0.117. The molecule has 1 saturated heterocycles. The standard InChI is InChI=1S/C16H17ClN4OS/c17-14-4-2-1-3-12(14)5-6-16(22)19-13-7-9-21(10-8-13)15-11-18-23-20-15/h1-6,11,13H,7-10H2,(H,19,22)/b6-5+. The predicted octanol–water partition coefficient (Wildman–Crippen LogP) is 2.99. The lowest BCUT2D eigenvalue weighted by Crippen LogP contribution is -2.44. The lowest BCUT2D eigenvalue weighted by atomic mass is 10.1. The van der Waals surface area contributed by atoms with E-state index < -0.39 is 0 Å². The Morgan fingerprint density at radius 3 is 2.83 bits per heavy atom. The number of nitrogens with zero attached hydrogens (tertiary/aromatic N) is 3. The summed E-state index contributed by atoms with van der Waals surface area (Å²) >= 11 is 7.28. The summed E-state index contributed by atoms with van der Waals surface area (Å²) < 4.78 is 8.27. The first-order valence-electron chi connectivity index (χ1n) is 7.48. The molecular weight excluding hydrogens is 332 g/mol. The average Bonchev–Trinajstić information content (AvgIpc) is 3.09. The number of piperidine rings is 1. The normalized spacial score (nSPS) is 16.0. The van der Waals surface area contributed by atoms with Gasteiger partial charge in [0.05, 0.1) is 17.9 Å². The summed E-state index contributed by atoms with van der Waals surface area (Å²) in [5.74, 6) is 0.845. The van der Waals surface area contributed by atoms with Crippen molar-refractivity contribution in [2.24, 2.45) is 0 Å². The van der Waals surface area contributed by atoms with Crippen LogP contribution in [0, 0.1) is 0 Å². The van der Waals surface area contributed by atoms with Crippen LogP contribution in [0.25, 0.3) is 6.08 Å². The highest BCUT2D eigenvalue weighted by Crippen LogP contribution is 2.18. The number of aromatic nitrogens is 2. The van der Waals surface area contributed by atoms with Gasteiger partial charge in [-0.15, -0.1) is 0 Å². The van der Waals surface area contributed by atoms with E-state index in [-0.39, 0.29) is 11.9 Å². The van der Waals surface area contributed by atoms with E-state index in [0.717, 1.165) is 37.3 Å². The molecule has 3 rings (SSSR count). The molecule has 23 heavy (non-hydrogen) atoms. The molecule has 0 radical (unpaired) electrons. The van der Waals surface area contributed by atoms with Gasteiger partial charge in [0.15, 0.2) is 5.82 Å². The van der Waals surface area contributed by atoms with Crippen molar-refractivity contribution < 1.29 is 4.79 Å². The minimum Gasteiger partial charge on any atom is -0.354 e. The Labute approximate surface area is 144 Å². The van der Waals surface area contributed by atoms with E-state index >= 15 is 0 Å². The minimum atomic E-state index is -0.0845. The smallest absolute Gasteiger partial charge is 0.244 e. The van der Waals surface area contributed by atoms with Gasteiger partial charge in [-0.2, -0.15) is 8.75 Å². The SMILES string of the molecule is O=C(/C=C/c1ccccc1Cl)NC1CCN(c2cnsn2)CC1. The molecule has 1 aromatic carbocycles. The number of nitrogens with one attached hydrogen (secondary N) is 1. The Kier molecular flexibility index (Phi) is 5.25. The van der Waals surface area contributed by atoms with Gasteiger partial charge in [-0.1, -0.05) is 29.8 Å². The lowest BCUT2D eigenvalue weighted by Gasteiger charge is -2.31. The highest BCUT2D eigenvalue weighted by Gasteiger charge is 2.21. The molecule has 0 unspecified atom stereocenters. The molecule has 5 nitrogen and oxygen atoms in total. The van der Waals surface area contributed by atoms with Crippen LogP contribution in [0.5, 0.6) is 0 Å². The van der Waals surface area contributed by atoms with Crippen molar-refractivity contribution in [3.05, 3.63) is 47.1 Å². The maximum Gasteiger partial charge on any atom is 0.244 e. The largest absolute Gasteiger partial charge is 0.354 e. The first kappa shape index (κ1) is 16.0. The summed E-state index contributed by atoms with van der Waals surface area (Å²) in [7, 11) is 0. The molecular formula is C16H17ClN4OS. The van der Waals surface area contributed by atoms with E-state index in [1.165, 1.54) is 17.8 Å². The third-order valence-corrected chi connectivity index (χ3v) is 4.65. The predicted molar refractivity (Wildman–Crippen MR) is 93.8 cm³/mol. The van der Waals surface area contributed by atoms with E-state index in [0.29, 0.717) is 5.02 Å². The molecule has 7 heteroatoms. The molecule has 0 bridgehead atoms. The molecule has 1 aliphatic heterocycles. The number of halogens is 1. The molecule has 1 N–H and O–H groups in total. The molecule has 0 saturated carbocycles. The second-order valence-electron chi connectivity index (χ2n) is 5.39. The van der Waals surface area contributed by atoms with Crippen LogP contribution >= 0.6 is 23.3 Å². The van der Waals surface area contributed by atoms with Crippen molar-refractivity contribution in [1.82, 2.24) is 14.1 Å². The number of rotatable bonds is 4. The van der Waals surface area contributed by atoms with E-state index in [1.54, 1.807) is 12.3 Å². The number of amides is 1. The minimum absolute atomic E-state index is 0.0845. The Bertz CT molecular complexity index is 681. The van der Waals surface area contributed by atoms with Gasteiger partial charge in [-0.3, -0.25) is 4.79 Å². The van der Waals surface area contributed by atoms with Crippen molar-refractivity contribution in [2.75, 3.05) is 18.0 Å². The van der Waals surface area contributed by atoms with Crippen LogP contribution in [-0.2, 0) is 4.79 Å². The molecule has 1 fully saturated rings. The number of hydrogen-bond donors (Lipinski definition) is 1. The van der Waals surface area contributed by atoms with Gasteiger partial charge >= 0.3 is 0 Å². The molecule has 0 aliphatic carbocycles. The van der Waals surface area contributed by atoms with E-state index in [2.05, 4.69) is 19.0 Å². The van der Waals surface area contributed by atoms with Gasteiger partial charge in [0.2, 0.25) is 5.91 Å². The molecule has 120 valence electrons. The number of hydrogen-bond acceptors (Lipinski definition) is 5. The second-order valence-corrected chi connectivity index (χ2v) is 6.35. The summed E-state index contributed by atoms with van der Waals surface area (Å²) in [6.07, 6.45) is 6.88. The Morgan fingerprint density at radius 1 is 1.35 bits per heavy atom. The Balaban J connectivity index is 1.49. The fraction of sp³-hybridized carbons (Fsp3) is 0.312. The molecule has 1 aliphatic rings. The summed E-state index contributed by atoms with van der Waals surface area (Å²) in [6.45, 7) is 1.76. The first-order chi connectivity index (χ1) is 11.2. The van der Waals surface area contributed by atoms with Crippen molar-refractivity contribution >= 4 is 41.1 Å². The molecule has 2 aromatic rings. The monoisotopic (exact) mass is 348 g/mol. The zero-order valence-electron chi connectivity index (χ0n) is 12.5. The van der Waals surface area contributed by atoms with Crippen molar-refractivity contribution in [3.63, 3.8) is 0 Å². The average molecular weight is 349 g/mol. The number of carbonyl (C=O) groups excluding carboxylic acids is 1. The van der Waals surface area contributed by atoms with Crippen molar-refractivity contribution in [3.8, 4) is 0 Å². The van der Waals surface area contributed by atoms with Crippen molar-refractivity contribution in [1.29, 1.82) is 0 Å². The maximum absolute atomic E-state index is 12.0. The fourth-order valence-corrected chi connectivity index (χ4v) is 3.21. The zero-order valence-corrected chi connectivity index (χ0v) is 14.1. The molecule has 0 atom stereocenters. The molecule has 2 heterocycles. The van der Waals surface area contributed by atoms with Crippen molar-refractivity contribution in [2.45, 2.75) is 18.9 Å². The van der Waals surface area contributed by atoms with Gasteiger partial charge in [-0.05, 0) is 30.5 Å². The molecule has 1 aromatic heterocycles. The topological polar surface area (TPSA) is 58.1 Å². The third-order valence-electron chi connectivity index (χ3n) is 3.83. The van der Waals surface area contributed by atoms with Gasteiger partial charge in [0.1, 0.15) is 0 Å². The summed E-state index contributed by atoms with van der Waals surface area (Å²) in [5, 5.41) is 3.69. The van der Waals surface area contributed by atoms with Crippen LogP contribution in [0.1, 0.15) is 18.4 Å². The van der Waals surface area contributed by atoms with E-state index in [1.807, 2.05) is 24.3 Å². The number of anilines is 1. The van der Waals surface area contributed by atoms with Crippen LogP contribution in [0.2, 0.25) is 5.02 Å². The van der Waals surface area contributed by atoms with Crippen LogP contribution in [0.4, 0.5) is 5.82 Å². The third kappa shape index (κ3) is 4.30.